The second kappa shape index (κ2) is 34.4. The van der Waals surface area contributed by atoms with Gasteiger partial charge < -0.3 is 61.8 Å². The van der Waals surface area contributed by atoms with E-state index in [0.29, 0.717) is 83.2 Å². The SMILES string of the molecule is Cc1[nH]c(C(=O)N[C@H](CO)c2cccc(Cl)c2)c(C)c1-c1nc(NC(C)C)ncc1CO.Cc1[nH]c(C(=O)N[C@H](CO)c2cccc(Cl)c2)c(C)c1-c1nc(NOC(F)(F)F)ncc1F.Cc1c(C(=O)N[C@H](CO)c2cccc(Cl)c2)[nH]c(CO)c1-c1ccnc(NOCC(F)(F)F)n1. The molecule has 3 aromatic carbocycles. The fraction of sp³-hybridized carbons (Fsp3) is 0.297. The van der Waals surface area contributed by atoms with E-state index in [1.807, 2.05) is 33.2 Å². The first kappa shape index (κ1) is 77.0. The molecule has 35 heteroatoms. The number of halogens is 10. The van der Waals surface area contributed by atoms with E-state index < -0.39 is 74.1 Å². The van der Waals surface area contributed by atoms with Gasteiger partial charge in [0.15, 0.2) is 12.4 Å². The number of hydrogen-bond donors (Lipinski definition) is 14. The lowest BCUT2D eigenvalue weighted by atomic mass is 10.0. The van der Waals surface area contributed by atoms with Gasteiger partial charge >= 0.3 is 12.5 Å². The molecule has 0 aliphatic heterocycles. The summed E-state index contributed by atoms with van der Waals surface area (Å²) in [5.41, 5.74) is 10.9. The summed E-state index contributed by atoms with van der Waals surface area (Å²) in [6, 6.07) is 19.7. The van der Waals surface area contributed by atoms with Gasteiger partial charge in [-0.2, -0.15) is 18.0 Å². The third-order valence-electron chi connectivity index (χ3n) is 14.5. The van der Waals surface area contributed by atoms with Crippen molar-refractivity contribution in [2.24, 2.45) is 0 Å². The zero-order valence-corrected chi connectivity index (χ0v) is 55.8. The van der Waals surface area contributed by atoms with Crippen molar-refractivity contribution < 1.29 is 80.3 Å². The van der Waals surface area contributed by atoms with Gasteiger partial charge in [-0.3, -0.25) is 19.2 Å². The standard InChI is InChI=1S/C23H28ClN5O3.C21H21ClF3N5O4.C20H18ClF4N5O3/c1-12(2)26-23-25-9-16(10-30)21(29-23)19-13(3)20(27-14(19)4)22(32)28-18(11-31)15-6-5-7-17(24)8-15;1-11-17(14-5-6-26-20(29-14)30-34-10-21(23,24)25)16(9-32)27-18(11)19(33)28-15(8-31)12-3-2-4-13(22)7-12;1-9-15(17-13(22)7-26-19(29-17)30-33-20(23,24)25)10(2)27-16(9)18(32)28-14(8-31)11-4-3-5-12(21)6-11/h5-9,12,18,27,30-31H,10-11H2,1-4H3,(H,28,32)(H,25,26,29);2-7,15,27,31-32H,8-10H2,1H3,(H,28,33)(H,26,29,30);3-7,14,27,31H,8H2,1-2H3,(H,28,32)(H,26,29,30)/t18-;15-;14-/m111/s1. The van der Waals surface area contributed by atoms with Crippen molar-refractivity contribution in [3.05, 3.63) is 191 Å². The maximum atomic E-state index is 14.4. The fourth-order valence-corrected chi connectivity index (χ4v) is 10.7. The third-order valence-corrected chi connectivity index (χ3v) is 15.2. The summed E-state index contributed by atoms with van der Waals surface area (Å²) in [5.74, 6) is -2.87. The molecule has 0 aliphatic carbocycles. The Bertz CT molecular complexity index is 4290. The Morgan fingerprint density at radius 1 is 0.556 bits per heavy atom. The molecule has 0 radical (unpaired) electrons. The summed E-state index contributed by atoms with van der Waals surface area (Å²) < 4.78 is 88.0. The summed E-state index contributed by atoms with van der Waals surface area (Å²) in [5, 5.41) is 61.7. The van der Waals surface area contributed by atoms with Crippen LogP contribution in [0.3, 0.4) is 0 Å². The van der Waals surface area contributed by atoms with E-state index in [2.05, 4.69) is 75.8 Å². The zero-order valence-electron chi connectivity index (χ0n) is 53.5. The summed E-state index contributed by atoms with van der Waals surface area (Å²) in [6.07, 6.45) is -5.99. The Hall–Kier alpha value is -9.35. The number of carbonyl (C=O) groups excluding carboxylic acids is 3. The molecule has 99 heavy (non-hydrogen) atoms. The van der Waals surface area contributed by atoms with Crippen molar-refractivity contribution in [1.82, 2.24) is 60.8 Å². The van der Waals surface area contributed by atoms with Crippen LogP contribution < -0.4 is 32.2 Å². The van der Waals surface area contributed by atoms with Crippen LogP contribution in [-0.2, 0) is 22.9 Å². The molecule has 0 spiro atoms. The van der Waals surface area contributed by atoms with Gasteiger partial charge in [-0.1, -0.05) is 71.2 Å². The molecular formula is C64H67Cl3F7N15O10. The number of carbonyl (C=O) groups is 3. The predicted octanol–water partition coefficient (Wildman–Crippen LogP) is 11.0. The second-order valence-electron chi connectivity index (χ2n) is 22.0. The van der Waals surface area contributed by atoms with Crippen LogP contribution in [0.5, 0.6) is 0 Å². The number of anilines is 3. The van der Waals surface area contributed by atoms with Crippen molar-refractivity contribution in [1.29, 1.82) is 0 Å². The predicted molar refractivity (Wildman–Crippen MR) is 352 cm³/mol. The van der Waals surface area contributed by atoms with Crippen LogP contribution in [0.4, 0.5) is 48.6 Å². The van der Waals surface area contributed by atoms with Crippen molar-refractivity contribution in [2.45, 2.75) is 98.4 Å². The highest BCUT2D eigenvalue weighted by atomic mass is 35.5. The van der Waals surface area contributed by atoms with E-state index in [1.54, 1.807) is 92.8 Å². The van der Waals surface area contributed by atoms with Crippen LogP contribution in [0.15, 0.2) is 97.5 Å². The second-order valence-corrected chi connectivity index (χ2v) is 23.3. The molecule has 3 atom stereocenters. The third kappa shape index (κ3) is 20.6. The van der Waals surface area contributed by atoms with Crippen molar-refractivity contribution in [3.63, 3.8) is 0 Å². The molecule has 3 amide bonds. The van der Waals surface area contributed by atoms with Crippen LogP contribution in [0.25, 0.3) is 33.8 Å². The van der Waals surface area contributed by atoms with Gasteiger partial charge in [0, 0.05) is 67.1 Å². The van der Waals surface area contributed by atoms with E-state index in [9.17, 15) is 70.6 Å². The molecule has 9 rings (SSSR count). The largest absolute Gasteiger partial charge is 0.543 e. The Labute approximate surface area is 575 Å². The monoisotopic (exact) mass is 1440 g/mol. The number of nitrogens with one attached hydrogen (secondary N) is 9. The van der Waals surface area contributed by atoms with Gasteiger partial charge in [-0.05, 0) is 124 Å². The molecule has 0 saturated carbocycles. The van der Waals surface area contributed by atoms with Crippen LogP contribution in [-0.4, -0.2) is 133 Å². The lowest BCUT2D eigenvalue weighted by Gasteiger charge is -2.17. The summed E-state index contributed by atoms with van der Waals surface area (Å²) in [6.45, 7) is 8.98. The normalized spacial score (nSPS) is 12.4. The molecule has 9 aromatic rings. The topological polar surface area (TPSA) is 368 Å². The van der Waals surface area contributed by atoms with Crippen molar-refractivity contribution in [2.75, 3.05) is 42.7 Å². The first-order valence-corrected chi connectivity index (χ1v) is 30.8. The van der Waals surface area contributed by atoms with E-state index >= 15 is 0 Å². The van der Waals surface area contributed by atoms with Crippen molar-refractivity contribution in [3.8, 4) is 33.8 Å². The Kier molecular flexibility index (Phi) is 26.8. The van der Waals surface area contributed by atoms with E-state index in [-0.39, 0.29) is 77.3 Å². The highest BCUT2D eigenvalue weighted by Crippen LogP contribution is 2.35. The smallest absolute Gasteiger partial charge is 0.394 e. The number of benzene rings is 3. The number of alkyl halides is 6. The molecule has 6 aromatic heterocycles. The maximum absolute atomic E-state index is 14.4. The molecule has 0 aliphatic rings. The number of rotatable bonds is 24. The van der Waals surface area contributed by atoms with E-state index in [0.717, 1.165) is 11.3 Å². The van der Waals surface area contributed by atoms with Crippen LogP contribution in [0.2, 0.25) is 15.1 Å². The highest BCUT2D eigenvalue weighted by molar-refractivity contribution is 6.31. The zero-order chi connectivity index (χ0) is 72.6. The number of aryl methyl sites for hydroxylation is 2. The Morgan fingerprint density at radius 2 is 1.00 bits per heavy atom. The fourth-order valence-electron chi connectivity index (χ4n) is 10.1. The molecular weight excluding hydrogens is 1380 g/mol. The number of aliphatic hydroxyl groups is 5. The summed E-state index contributed by atoms with van der Waals surface area (Å²) >= 11 is 18.0. The average Bonchev–Trinajstić information content (AvgIpc) is 1.67. The van der Waals surface area contributed by atoms with Crippen LogP contribution >= 0.6 is 34.8 Å². The van der Waals surface area contributed by atoms with Gasteiger partial charge in [0.25, 0.3) is 17.7 Å². The first-order chi connectivity index (χ1) is 46.9. The highest BCUT2D eigenvalue weighted by Gasteiger charge is 2.32. The molecule has 25 nitrogen and oxygen atoms in total. The van der Waals surface area contributed by atoms with Gasteiger partial charge in [-0.25, -0.2) is 45.3 Å². The quantitative estimate of drug-likeness (QED) is 0.0197. The summed E-state index contributed by atoms with van der Waals surface area (Å²) in [7, 11) is 0. The van der Waals surface area contributed by atoms with E-state index in [1.165, 1.54) is 24.7 Å². The molecule has 14 N–H and O–H groups in total. The molecule has 0 unspecified atom stereocenters. The Balaban J connectivity index is 0.000000209. The minimum Gasteiger partial charge on any atom is -0.394 e. The minimum absolute atomic E-state index is 0.0574. The molecule has 0 saturated heterocycles. The van der Waals surface area contributed by atoms with Gasteiger partial charge in [-0.15, -0.1) is 13.2 Å². The first-order valence-electron chi connectivity index (χ1n) is 29.6. The number of aliphatic hydroxyl groups excluding tert-OH is 5. The van der Waals surface area contributed by atoms with E-state index in [4.69, 9.17) is 34.8 Å². The minimum atomic E-state index is -5.00. The van der Waals surface area contributed by atoms with Crippen molar-refractivity contribution >= 4 is 70.4 Å². The summed E-state index contributed by atoms with van der Waals surface area (Å²) in [4.78, 5) is 79.5. The number of H-pyrrole nitrogens is 3. The van der Waals surface area contributed by atoms with Crippen LogP contribution in [0.1, 0.15) is 119 Å². The number of hydrogen-bond acceptors (Lipinski definition) is 19. The molecule has 528 valence electrons. The lowest BCUT2D eigenvalue weighted by Crippen LogP contribution is -2.31. The number of aromatic nitrogens is 9. The van der Waals surface area contributed by atoms with Crippen LogP contribution in [0, 0.1) is 40.4 Å². The number of amides is 3. The molecule has 0 fully saturated rings. The maximum Gasteiger partial charge on any atom is 0.543 e. The average molecular weight is 1450 g/mol. The van der Waals surface area contributed by atoms with Gasteiger partial charge in [0.05, 0.1) is 74.4 Å². The number of nitrogens with zero attached hydrogens (tertiary/aromatic N) is 6. The molecule has 0 bridgehead atoms. The van der Waals surface area contributed by atoms with Gasteiger partial charge in [0.1, 0.15) is 22.8 Å². The molecule has 6 heterocycles. The lowest BCUT2D eigenvalue weighted by molar-refractivity contribution is -0.312. The number of aromatic amines is 3. The Morgan fingerprint density at radius 3 is 1.43 bits per heavy atom. The van der Waals surface area contributed by atoms with Gasteiger partial charge in [0.2, 0.25) is 17.8 Å².